The van der Waals surface area contributed by atoms with Gasteiger partial charge in [0.05, 0.1) is 19.0 Å². The summed E-state index contributed by atoms with van der Waals surface area (Å²) in [5.74, 6) is -0.628. The number of hydrogen-bond donors (Lipinski definition) is 0. The molecule has 4 nitrogen and oxygen atoms in total. The zero-order chi connectivity index (χ0) is 14.0. The molecular weight excluding hydrogens is 252 g/mol. The predicted octanol–water partition coefficient (Wildman–Crippen LogP) is 2.87. The Bertz CT molecular complexity index is 550. The summed E-state index contributed by atoms with van der Waals surface area (Å²) in [6.45, 7) is 5.59. The monoisotopic (exact) mass is 272 g/mol. The molecule has 20 heavy (non-hydrogen) atoms. The van der Waals surface area contributed by atoms with Crippen molar-refractivity contribution in [2.45, 2.75) is 38.7 Å². The van der Waals surface area contributed by atoms with Crippen molar-refractivity contribution >= 4 is 0 Å². The van der Waals surface area contributed by atoms with Crippen LogP contribution in [0.5, 0.6) is 0 Å². The maximum absolute atomic E-state index is 6.12. The van der Waals surface area contributed by atoms with E-state index < -0.39 is 5.79 Å². The van der Waals surface area contributed by atoms with Crippen LogP contribution in [-0.4, -0.2) is 22.3 Å². The summed E-state index contributed by atoms with van der Waals surface area (Å²) in [4.78, 5) is 4.07. The zero-order valence-corrected chi connectivity index (χ0v) is 12.0. The van der Waals surface area contributed by atoms with Gasteiger partial charge in [0.25, 0.3) is 0 Å². The van der Waals surface area contributed by atoms with Crippen LogP contribution < -0.4 is 0 Å². The van der Waals surface area contributed by atoms with Crippen LogP contribution in [0, 0.1) is 6.92 Å². The van der Waals surface area contributed by atoms with Crippen LogP contribution in [0.3, 0.4) is 0 Å². The lowest BCUT2D eigenvalue weighted by Gasteiger charge is -2.28. The minimum Gasteiger partial charge on any atom is -0.343 e. The van der Waals surface area contributed by atoms with Gasteiger partial charge in [-0.05, 0) is 13.8 Å². The molecule has 1 saturated heterocycles. The summed E-state index contributed by atoms with van der Waals surface area (Å²) < 4.78 is 14.2. The lowest BCUT2D eigenvalue weighted by atomic mass is 10.0. The van der Waals surface area contributed by atoms with E-state index in [2.05, 4.69) is 36.2 Å². The van der Waals surface area contributed by atoms with Crippen LogP contribution in [-0.2, 0) is 21.8 Å². The van der Waals surface area contributed by atoms with Gasteiger partial charge in [0.2, 0.25) is 0 Å². The third-order valence-corrected chi connectivity index (χ3v) is 3.69. The average molecular weight is 272 g/mol. The quantitative estimate of drug-likeness (QED) is 0.858. The molecule has 1 aromatic heterocycles. The van der Waals surface area contributed by atoms with Gasteiger partial charge < -0.3 is 14.0 Å². The van der Waals surface area contributed by atoms with Crippen LogP contribution in [0.15, 0.2) is 43.0 Å². The average Bonchev–Trinajstić information content (AvgIpc) is 3.08. The van der Waals surface area contributed by atoms with Crippen molar-refractivity contribution in [3.05, 3.63) is 54.1 Å². The van der Waals surface area contributed by atoms with Crippen LogP contribution in [0.4, 0.5) is 0 Å². The Labute approximate surface area is 119 Å². The summed E-state index contributed by atoms with van der Waals surface area (Å²) in [6.07, 6.45) is 6.47. The third-order valence-electron chi connectivity index (χ3n) is 3.69. The molecular formula is C16H20N2O2. The van der Waals surface area contributed by atoms with E-state index in [0.717, 1.165) is 18.5 Å². The van der Waals surface area contributed by atoms with Crippen molar-refractivity contribution in [1.82, 2.24) is 9.55 Å². The molecule has 4 heteroatoms. The van der Waals surface area contributed by atoms with Crippen molar-refractivity contribution < 1.29 is 9.47 Å². The number of benzene rings is 1. The number of rotatable bonds is 4. The second kappa shape index (κ2) is 5.38. The van der Waals surface area contributed by atoms with E-state index in [9.17, 15) is 0 Å². The topological polar surface area (TPSA) is 36.3 Å². The highest BCUT2D eigenvalue weighted by molar-refractivity contribution is 5.25. The van der Waals surface area contributed by atoms with Gasteiger partial charge >= 0.3 is 0 Å². The van der Waals surface area contributed by atoms with E-state index in [1.54, 1.807) is 6.20 Å². The van der Waals surface area contributed by atoms with E-state index >= 15 is 0 Å². The molecule has 3 rings (SSSR count). The van der Waals surface area contributed by atoms with Gasteiger partial charge in [0, 0.05) is 30.9 Å². The highest BCUT2D eigenvalue weighted by Gasteiger charge is 2.41. The highest BCUT2D eigenvalue weighted by atomic mass is 16.7. The predicted molar refractivity (Wildman–Crippen MR) is 76.2 cm³/mol. The maximum atomic E-state index is 6.12. The molecule has 0 N–H and O–H groups in total. The number of nitrogens with zero attached hydrogens (tertiary/aromatic N) is 2. The van der Waals surface area contributed by atoms with Gasteiger partial charge in [-0.15, -0.1) is 0 Å². The summed E-state index contributed by atoms with van der Waals surface area (Å²) in [7, 11) is 0. The Hall–Kier alpha value is -1.65. The number of aryl methyl sites for hydroxylation is 2. The molecule has 0 radical (unpaired) electrons. The molecule has 1 aliphatic heterocycles. The van der Waals surface area contributed by atoms with E-state index in [4.69, 9.17) is 9.47 Å². The molecule has 2 unspecified atom stereocenters. The molecule has 2 aromatic rings. The molecule has 0 spiro atoms. The lowest BCUT2D eigenvalue weighted by molar-refractivity contribution is -0.182. The Morgan fingerprint density at radius 3 is 2.75 bits per heavy atom. The van der Waals surface area contributed by atoms with Gasteiger partial charge in [-0.25, -0.2) is 4.98 Å². The zero-order valence-electron chi connectivity index (χ0n) is 12.0. The molecule has 2 heterocycles. The lowest BCUT2D eigenvalue weighted by Crippen LogP contribution is -2.29. The Morgan fingerprint density at radius 2 is 2.15 bits per heavy atom. The van der Waals surface area contributed by atoms with E-state index in [-0.39, 0.29) is 6.10 Å². The van der Waals surface area contributed by atoms with Gasteiger partial charge in [-0.2, -0.15) is 0 Å². The van der Waals surface area contributed by atoms with Crippen molar-refractivity contribution in [1.29, 1.82) is 0 Å². The van der Waals surface area contributed by atoms with Gasteiger partial charge in [0.1, 0.15) is 0 Å². The Kier molecular flexibility index (Phi) is 3.59. The number of ether oxygens (including phenoxy) is 2. The summed E-state index contributed by atoms with van der Waals surface area (Å²) >= 11 is 0. The first-order valence-electron chi connectivity index (χ1n) is 7.03. The largest absolute Gasteiger partial charge is 0.343 e. The molecule has 0 saturated carbocycles. The van der Waals surface area contributed by atoms with Crippen LogP contribution >= 0.6 is 0 Å². The minimum atomic E-state index is -0.628. The van der Waals surface area contributed by atoms with E-state index in [0.29, 0.717) is 6.61 Å². The smallest absolute Gasteiger partial charge is 0.197 e. The van der Waals surface area contributed by atoms with E-state index in [1.165, 1.54) is 5.56 Å². The van der Waals surface area contributed by atoms with Gasteiger partial charge in [0.15, 0.2) is 5.79 Å². The first-order valence-corrected chi connectivity index (χ1v) is 7.03. The van der Waals surface area contributed by atoms with Crippen LogP contribution in [0.2, 0.25) is 0 Å². The van der Waals surface area contributed by atoms with Crippen molar-refractivity contribution in [3.8, 4) is 0 Å². The van der Waals surface area contributed by atoms with Crippen molar-refractivity contribution in [3.63, 3.8) is 0 Å². The normalized spacial score (nSPS) is 26.0. The minimum absolute atomic E-state index is 0.124. The van der Waals surface area contributed by atoms with Gasteiger partial charge in [-0.1, -0.05) is 29.8 Å². The van der Waals surface area contributed by atoms with Crippen molar-refractivity contribution in [2.75, 3.05) is 6.61 Å². The summed E-state index contributed by atoms with van der Waals surface area (Å²) in [6, 6.07) is 8.40. The van der Waals surface area contributed by atoms with E-state index in [1.807, 2.05) is 24.0 Å². The molecule has 0 bridgehead atoms. The fraction of sp³-hybridized carbons (Fsp3) is 0.438. The highest BCUT2D eigenvalue weighted by Crippen LogP contribution is 2.37. The summed E-state index contributed by atoms with van der Waals surface area (Å²) in [5, 5.41) is 0. The van der Waals surface area contributed by atoms with Crippen molar-refractivity contribution in [2.24, 2.45) is 0 Å². The Balaban J connectivity index is 1.83. The molecule has 1 fully saturated rings. The second-order valence-electron chi connectivity index (χ2n) is 5.41. The molecule has 106 valence electrons. The third kappa shape index (κ3) is 2.62. The molecule has 0 amide bonds. The molecule has 0 aliphatic carbocycles. The number of hydrogen-bond acceptors (Lipinski definition) is 3. The fourth-order valence-corrected chi connectivity index (χ4v) is 2.57. The number of aromatic nitrogens is 2. The molecule has 1 aromatic carbocycles. The fourth-order valence-electron chi connectivity index (χ4n) is 2.57. The first kappa shape index (κ1) is 13.3. The first-order chi connectivity index (χ1) is 9.68. The summed E-state index contributed by atoms with van der Waals surface area (Å²) in [5.41, 5.74) is 2.33. The molecule has 2 atom stereocenters. The SMILES string of the molecule is Cc1ccc(C2(CCn3ccnc3)OCC(C)O2)cc1. The van der Waals surface area contributed by atoms with Crippen LogP contribution in [0.25, 0.3) is 0 Å². The molecule has 1 aliphatic rings. The number of imidazole rings is 1. The Morgan fingerprint density at radius 1 is 1.35 bits per heavy atom. The maximum Gasteiger partial charge on any atom is 0.197 e. The van der Waals surface area contributed by atoms with Crippen LogP contribution in [0.1, 0.15) is 24.5 Å². The standard InChI is InChI=1S/C16H20N2O2/c1-13-3-5-15(6-4-13)16(19-11-14(2)20-16)7-9-18-10-8-17-12-18/h3-6,8,10,12,14H,7,9,11H2,1-2H3. The second-order valence-corrected chi connectivity index (χ2v) is 5.41. The van der Waals surface area contributed by atoms with Gasteiger partial charge in [-0.3, -0.25) is 0 Å².